The summed E-state index contributed by atoms with van der Waals surface area (Å²) in [5.74, 6) is -3.51. The quantitative estimate of drug-likeness (QED) is 0.487. The van der Waals surface area contributed by atoms with Crippen LogP contribution in [0.25, 0.3) is 0 Å². The number of sulfonamides is 1. The van der Waals surface area contributed by atoms with Gasteiger partial charge in [-0.25, -0.2) is 17.2 Å². The third-order valence-corrected chi connectivity index (χ3v) is 7.96. The molecule has 0 aliphatic heterocycles. The van der Waals surface area contributed by atoms with Gasteiger partial charge in [-0.15, -0.1) is 0 Å². The topological polar surface area (TPSA) is 86.8 Å². The lowest BCUT2D eigenvalue weighted by molar-refractivity contribution is -0.139. The minimum Gasteiger partial charge on any atom is -0.352 e. The van der Waals surface area contributed by atoms with E-state index in [2.05, 4.69) is 5.32 Å². The molecule has 1 N–H and O–H groups in total. The molecule has 7 nitrogen and oxygen atoms in total. The van der Waals surface area contributed by atoms with Crippen LogP contribution in [0.15, 0.2) is 36.4 Å². The highest BCUT2D eigenvalue weighted by Crippen LogP contribution is 2.25. The van der Waals surface area contributed by atoms with E-state index in [9.17, 15) is 26.8 Å². The number of hydrogen-bond donors (Lipinski definition) is 1. The highest BCUT2D eigenvalue weighted by atomic mass is 35.5. The van der Waals surface area contributed by atoms with Crippen molar-refractivity contribution in [1.29, 1.82) is 0 Å². The molecule has 1 aliphatic carbocycles. The van der Waals surface area contributed by atoms with Gasteiger partial charge in [-0.05, 0) is 49.6 Å². The number of nitrogens with zero attached hydrogens (tertiary/aromatic N) is 2. The predicted molar refractivity (Wildman–Crippen MR) is 135 cm³/mol. The normalized spacial score (nSPS) is 14.9. The molecule has 0 heterocycles. The van der Waals surface area contributed by atoms with Crippen molar-refractivity contribution >= 4 is 50.7 Å². The molecule has 196 valence electrons. The van der Waals surface area contributed by atoms with E-state index in [1.54, 1.807) is 25.1 Å². The van der Waals surface area contributed by atoms with Crippen molar-refractivity contribution in [1.82, 2.24) is 10.2 Å². The molecule has 1 aliphatic rings. The van der Waals surface area contributed by atoms with Crippen LogP contribution >= 0.6 is 23.2 Å². The average Bonchev–Trinajstić information content (AvgIpc) is 3.31. The second-order valence-electron chi connectivity index (χ2n) is 8.80. The Morgan fingerprint density at radius 2 is 1.72 bits per heavy atom. The van der Waals surface area contributed by atoms with Gasteiger partial charge in [0.25, 0.3) is 0 Å². The van der Waals surface area contributed by atoms with Gasteiger partial charge in [-0.2, -0.15) is 0 Å². The van der Waals surface area contributed by atoms with Crippen molar-refractivity contribution in [2.24, 2.45) is 0 Å². The third kappa shape index (κ3) is 7.08. The fourth-order valence-electron chi connectivity index (χ4n) is 4.06. The molecule has 0 aromatic heterocycles. The summed E-state index contributed by atoms with van der Waals surface area (Å²) >= 11 is 12.1. The summed E-state index contributed by atoms with van der Waals surface area (Å²) in [5, 5.41) is 3.51. The Labute approximate surface area is 219 Å². The number of hydrogen-bond acceptors (Lipinski definition) is 4. The summed E-state index contributed by atoms with van der Waals surface area (Å²) in [6.45, 7) is 0.749. The second kappa shape index (κ2) is 11.7. The second-order valence-corrected chi connectivity index (χ2v) is 11.5. The van der Waals surface area contributed by atoms with Gasteiger partial charge in [0.2, 0.25) is 21.8 Å². The molecule has 0 unspecified atom stereocenters. The van der Waals surface area contributed by atoms with Crippen molar-refractivity contribution in [3.8, 4) is 0 Å². The minimum atomic E-state index is -4.07. The summed E-state index contributed by atoms with van der Waals surface area (Å²) in [7, 11) is -4.07. The molecule has 12 heteroatoms. The van der Waals surface area contributed by atoms with E-state index in [-0.39, 0.29) is 29.2 Å². The van der Waals surface area contributed by atoms with Crippen LogP contribution in [0.5, 0.6) is 0 Å². The summed E-state index contributed by atoms with van der Waals surface area (Å²) in [4.78, 5) is 27.7. The number of anilines is 1. The zero-order valence-electron chi connectivity index (χ0n) is 19.8. The molecular formula is C24H27Cl2F2N3O4S. The first-order valence-corrected chi connectivity index (χ1v) is 13.9. The van der Waals surface area contributed by atoms with Crippen LogP contribution in [0.1, 0.15) is 38.2 Å². The van der Waals surface area contributed by atoms with E-state index in [1.807, 2.05) is 0 Å². The molecule has 2 aromatic carbocycles. The predicted octanol–water partition coefficient (Wildman–Crippen LogP) is 4.51. The first kappa shape index (κ1) is 28.1. The lowest BCUT2D eigenvalue weighted by Crippen LogP contribution is -2.52. The van der Waals surface area contributed by atoms with Crippen LogP contribution in [-0.4, -0.2) is 50.0 Å². The maximum Gasteiger partial charge on any atom is 0.244 e. The van der Waals surface area contributed by atoms with E-state index < -0.39 is 40.2 Å². The molecule has 0 spiro atoms. The maximum atomic E-state index is 13.8. The van der Waals surface area contributed by atoms with Gasteiger partial charge in [-0.3, -0.25) is 13.9 Å². The zero-order chi connectivity index (χ0) is 26.6. The summed E-state index contributed by atoms with van der Waals surface area (Å²) < 4.78 is 52.9. The van der Waals surface area contributed by atoms with Gasteiger partial charge < -0.3 is 10.2 Å². The Balaban J connectivity index is 1.91. The largest absolute Gasteiger partial charge is 0.352 e. The van der Waals surface area contributed by atoms with Crippen LogP contribution < -0.4 is 9.62 Å². The van der Waals surface area contributed by atoms with Crippen LogP contribution in [0.4, 0.5) is 14.5 Å². The Morgan fingerprint density at radius 1 is 1.06 bits per heavy atom. The minimum absolute atomic E-state index is 0.0107. The van der Waals surface area contributed by atoms with Gasteiger partial charge in [0.15, 0.2) is 11.6 Å². The Hall–Kier alpha value is -2.43. The van der Waals surface area contributed by atoms with E-state index in [0.717, 1.165) is 44.1 Å². The Morgan fingerprint density at radius 3 is 2.31 bits per heavy atom. The number of rotatable bonds is 9. The first-order chi connectivity index (χ1) is 16.9. The molecule has 0 radical (unpaired) electrons. The Kier molecular flexibility index (Phi) is 9.18. The molecule has 2 amide bonds. The number of halogens is 4. The molecular weight excluding hydrogens is 535 g/mol. The van der Waals surface area contributed by atoms with Crippen molar-refractivity contribution in [3.63, 3.8) is 0 Å². The number of benzene rings is 2. The van der Waals surface area contributed by atoms with Crippen LogP contribution in [0.3, 0.4) is 0 Å². The monoisotopic (exact) mass is 561 g/mol. The lowest BCUT2D eigenvalue weighted by Gasteiger charge is -2.32. The molecule has 0 bridgehead atoms. The Bertz CT molecular complexity index is 1240. The van der Waals surface area contributed by atoms with Crippen LogP contribution in [0.2, 0.25) is 10.0 Å². The molecule has 2 aromatic rings. The highest BCUT2D eigenvalue weighted by molar-refractivity contribution is 7.92. The standard InChI is InChI=1S/C24H27Cl2F2N3O4S/c1-15(24(33)29-17-5-3-4-6-17)30(13-16-7-9-19(25)20(26)11-16)23(32)14-31(36(2,34)35)18-8-10-21(27)22(28)12-18/h7-12,15,17H,3-6,13-14H2,1-2H3,(H,29,33)/t15-/m1/s1. The lowest BCUT2D eigenvalue weighted by atomic mass is 10.1. The molecule has 36 heavy (non-hydrogen) atoms. The number of nitrogens with one attached hydrogen (secondary N) is 1. The average molecular weight is 562 g/mol. The van der Waals surface area contributed by atoms with Crippen LogP contribution in [-0.2, 0) is 26.2 Å². The van der Waals surface area contributed by atoms with E-state index in [0.29, 0.717) is 21.0 Å². The smallest absolute Gasteiger partial charge is 0.244 e. The van der Waals surface area contributed by atoms with Gasteiger partial charge in [0, 0.05) is 18.7 Å². The maximum absolute atomic E-state index is 13.8. The van der Waals surface area contributed by atoms with Crippen molar-refractivity contribution in [2.75, 3.05) is 17.1 Å². The van der Waals surface area contributed by atoms with E-state index in [1.165, 1.54) is 4.90 Å². The fraction of sp³-hybridized carbons (Fsp3) is 0.417. The summed E-state index contributed by atoms with van der Waals surface area (Å²) in [6, 6.07) is 6.33. The summed E-state index contributed by atoms with van der Waals surface area (Å²) in [6.07, 6.45) is 4.54. The van der Waals surface area contributed by atoms with Gasteiger partial charge in [-0.1, -0.05) is 42.1 Å². The van der Waals surface area contributed by atoms with Crippen molar-refractivity contribution in [2.45, 2.75) is 51.2 Å². The molecule has 1 atom stereocenters. The zero-order valence-corrected chi connectivity index (χ0v) is 22.1. The van der Waals surface area contributed by atoms with Gasteiger partial charge in [0.05, 0.1) is 22.0 Å². The van der Waals surface area contributed by atoms with E-state index in [4.69, 9.17) is 23.2 Å². The van der Waals surface area contributed by atoms with Crippen molar-refractivity contribution in [3.05, 3.63) is 63.6 Å². The highest BCUT2D eigenvalue weighted by Gasteiger charge is 2.31. The number of amides is 2. The SMILES string of the molecule is C[C@H](C(=O)NC1CCCC1)N(Cc1ccc(Cl)c(Cl)c1)C(=O)CN(c1ccc(F)c(F)c1)S(C)(=O)=O. The summed E-state index contributed by atoms with van der Waals surface area (Å²) in [5.41, 5.74) is 0.347. The van der Waals surface area contributed by atoms with Crippen LogP contribution in [0, 0.1) is 11.6 Å². The molecule has 1 fully saturated rings. The molecule has 0 saturated heterocycles. The number of carbonyl (C=O) groups excluding carboxylic acids is 2. The fourth-order valence-corrected chi connectivity index (χ4v) is 5.23. The van der Waals surface area contributed by atoms with Crippen molar-refractivity contribution < 1.29 is 26.8 Å². The van der Waals surface area contributed by atoms with Gasteiger partial charge in [0.1, 0.15) is 12.6 Å². The van der Waals surface area contributed by atoms with E-state index >= 15 is 0 Å². The molecule has 1 saturated carbocycles. The number of carbonyl (C=O) groups is 2. The third-order valence-electron chi connectivity index (χ3n) is 6.08. The molecule has 3 rings (SSSR count). The first-order valence-electron chi connectivity index (χ1n) is 11.3. The van der Waals surface area contributed by atoms with Gasteiger partial charge >= 0.3 is 0 Å².